The second kappa shape index (κ2) is 6.51. The summed E-state index contributed by atoms with van der Waals surface area (Å²) < 4.78 is 5.34. The van der Waals surface area contributed by atoms with Crippen LogP contribution < -0.4 is 15.8 Å². The maximum atomic E-state index is 5.80. The molecule has 1 rings (SSSR count). The third kappa shape index (κ3) is 3.51. The monoisotopic (exact) mass is 222 g/mol. The van der Waals surface area contributed by atoms with Crippen LogP contribution in [0.1, 0.15) is 25.5 Å². The number of hydrogen-bond donors (Lipinski definition) is 2. The van der Waals surface area contributed by atoms with Crippen LogP contribution in [0.25, 0.3) is 0 Å². The largest absolute Gasteiger partial charge is 0.496 e. The average Bonchev–Trinajstić information content (AvgIpc) is 2.30. The minimum atomic E-state index is 0.165. The number of nitrogens with two attached hydrogens (primary N) is 1. The minimum absolute atomic E-state index is 0.165. The summed E-state index contributed by atoms with van der Waals surface area (Å²) in [7, 11) is 1.69. The molecule has 0 radical (unpaired) electrons. The zero-order valence-electron chi connectivity index (χ0n) is 10.4. The van der Waals surface area contributed by atoms with Gasteiger partial charge in [-0.25, -0.2) is 0 Å². The van der Waals surface area contributed by atoms with E-state index >= 15 is 0 Å². The molecule has 0 aliphatic rings. The number of nitrogens with one attached hydrogen (secondary N) is 1. The van der Waals surface area contributed by atoms with Gasteiger partial charge < -0.3 is 15.8 Å². The molecule has 0 amide bonds. The number of para-hydroxylation sites is 1. The molecule has 0 saturated heterocycles. The van der Waals surface area contributed by atoms with Gasteiger partial charge in [0.15, 0.2) is 0 Å². The lowest BCUT2D eigenvalue weighted by Gasteiger charge is -2.20. The van der Waals surface area contributed by atoms with Crippen LogP contribution in [0.5, 0.6) is 5.75 Å². The van der Waals surface area contributed by atoms with E-state index < -0.39 is 0 Å². The summed E-state index contributed by atoms with van der Waals surface area (Å²) in [6, 6.07) is 8.17. The highest BCUT2D eigenvalue weighted by Gasteiger charge is 2.13. The summed E-state index contributed by atoms with van der Waals surface area (Å²) in [5.74, 6) is 1.51. The lowest BCUT2D eigenvalue weighted by atomic mass is 10.0. The summed E-state index contributed by atoms with van der Waals surface area (Å²) >= 11 is 0. The Hall–Kier alpha value is -1.06. The Morgan fingerprint density at radius 2 is 2.00 bits per heavy atom. The average molecular weight is 222 g/mol. The van der Waals surface area contributed by atoms with Crippen molar-refractivity contribution in [3.63, 3.8) is 0 Å². The Bertz CT molecular complexity index is 313. The van der Waals surface area contributed by atoms with Crippen molar-refractivity contribution in [3.8, 4) is 5.75 Å². The van der Waals surface area contributed by atoms with Gasteiger partial charge in [0.1, 0.15) is 5.75 Å². The first-order chi connectivity index (χ1) is 7.69. The van der Waals surface area contributed by atoms with Crippen molar-refractivity contribution in [2.75, 3.05) is 20.2 Å². The van der Waals surface area contributed by atoms with Crippen molar-refractivity contribution in [2.24, 2.45) is 11.7 Å². The van der Waals surface area contributed by atoms with Crippen LogP contribution in [0.3, 0.4) is 0 Å². The smallest absolute Gasteiger partial charge is 0.123 e. The first-order valence-electron chi connectivity index (χ1n) is 5.75. The molecular formula is C13H22N2O. The van der Waals surface area contributed by atoms with Gasteiger partial charge in [-0.15, -0.1) is 0 Å². The molecular weight excluding hydrogens is 200 g/mol. The molecule has 0 fully saturated rings. The van der Waals surface area contributed by atoms with Gasteiger partial charge in [-0.1, -0.05) is 32.0 Å². The molecule has 0 bridgehead atoms. The fraction of sp³-hybridized carbons (Fsp3) is 0.538. The van der Waals surface area contributed by atoms with Gasteiger partial charge in [-0.2, -0.15) is 0 Å². The van der Waals surface area contributed by atoms with E-state index in [-0.39, 0.29) is 6.04 Å². The summed E-state index contributed by atoms with van der Waals surface area (Å²) in [6.07, 6.45) is 0. The van der Waals surface area contributed by atoms with Crippen molar-refractivity contribution >= 4 is 0 Å². The zero-order valence-corrected chi connectivity index (χ0v) is 10.4. The maximum Gasteiger partial charge on any atom is 0.123 e. The maximum absolute atomic E-state index is 5.80. The summed E-state index contributed by atoms with van der Waals surface area (Å²) in [6.45, 7) is 5.90. The van der Waals surface area contributed by atoms with E-state index in [4.69, 9.17) is 10.5 Å². The highest BCUT2D eigenvalue weighted by atomic mass is 16.5. The molecule has 0 spiro atoms. The highest BCUT2D eigenvalue weighted by molar-refractivity contribution is 5.36. The van der Waals surface area contributed by atoms with Crippen molar-refractivity contribution in [1.82, 2.24) is 5.32 Å². The molecule has 1 aromatic carbocycles. The van der Waals surface area contributed by atoms with Crippen LogP contribution in [0, 0.1) is 5.92 Å². The fourth-order valence-electron chi connectivity index (χ4n) is 1.65. The number of hydrogen-bond acceptors (Lipinski definition) is 3. The lowest BCUT2D eigenvalue weighted by Crippen LogP contribution is -2.31. The van der Waals surface area contributed by atoms with Gasteiger partial charge in [0.05, 0.1) is 7.11 Å². The van der Waals surface area contributed by atoms with E-state index in [9.17, 15) is 0 Å². The number of benzene rings is 1. The second-order valence-electron chi connectivity index (χ2n) is 4.33. The minimum Gasteiger partial charge on any atom is -0.496 e. The van der Waals surface area contributed by atoms with E-state index in [2.05, 4.69) is 25.2 Å². The van der Waals surface area contributed by atoms with Crippen LogP contribution in [0.4, 0.5) is 0 Å². The van der Waals surface area contributed by atoms with E-state index in [1.165, 1.54) is 0 Å². The Kier molecular flexibility index (Phi) is 5.29. The van der Waals surface area contributed by atoms with Gasteiger partial charge in [-0.05, 0) is 18.5 Å². The van der Waals surface area contributed by atoms with Gasteiger partial charge in [0.25, 0.3) is 0 Å². The Morgan fingerprint density at radius 3 is 2.56 bits per heavy atom. The second-order valence-corrected chi connectivity index (χ2v) is 4.33. The first-order valence-corrected chi connectivity index (χ1v) is 5.75. The Morgan fingerprint density at radius 1 is 1.31 bits per heavy atom. The van der Waals surface area contributed by atoms with Gasteiger partial charge in [0, 0.05) is 18.2 Å². The molecule has 90 valence electrons. The molecule has 0 aromatic heterocycles. The molecule has 3 N–H and O–H groups in total. The van der Waals surface area contributed by atoms with Crippen LogP contribution in [0.2, 0.25) is 0 Å². The third-order valence-electron chi connectivity index (χ3n) is 2.52. The quantitative estimate of drug-likeness (QED) is 0.773. The topological polar surface area (TPSA) is 47.3 Å². The molecule has 1 aromatic rings. The van der Waals surface area contributed by atoms with Crippen LogP contribution in [-0.4, -0.2) is 20.2 Å². The third-order valence-corrected chi connectivity index (χ3v) is 2.52. The molecule has 1 atom stereocenters. The van der Waals surface area contributed by atoms with E-state index in [0.717, 1.165) is 17.9 Å². The number of rotatable bonds is 6. The standard InChI is InChI=1S/C13H22N2O/c1-10(2)9-15-12(8-14)11-6-4-5-7-13(11)16-3/h4-7,10,12,15H,8-9,14H2,1-3H3. The van der Waals surface area contributed by atoms with Crippen molar-refractivity contribution < 1.29 is 4.74 Å². The Labute approximate surface area is 98.0 Å². The summed E-state index contributed by atoms with van der Waals surface area (Å²) in [5.41, 5.74) is 6.93. The van der Waals surface area contributed by atoms with Gasteiger partial charge in [-0.3, -0.25) is 0 Å². The lowest BCUT2D eigenvalue weighted by molar-refractivity contribution is 0.395. The summed E-state index contributed by atoms with van der Waals surface area (Å²) in [4.78, 5) is 0. The molecule has 0 heterocycles. The van der Waals surface area contributed by atoms with E-state index in [0.29, 0.717) is 12.5 Å². The SMILES string of the molecule is COc1ccccc1C(CN)NCC(C)C. The molecule has 3 heteroatoms. The van der Waals surface area contributed by atoms with Crippen LogP contribution >= 0.6 is 0 Å². The van der Waals surface area contributed by atoms with E-state index in [1.54, 1.807) is 7.11 Å². The van der Waals surface area contributed by atoms with E-state index in [1.807, 2.05) is 18.2 Å². The predicted octanol–water partition coefficient (Wildman–Crippen LogP) is 1.94. The molecule has 3 nitrogen and oxygen atoms in total. The fourth-order valence-corrected chi connectivity index (χ4v) is 1.65. The number of ether oxygens (including phenoxy) is 1. The number of methoxy groups -OCH3 is 1. The predicted molar refractivity (Wildman–Crippen MR) is 67.6 cm³/mol. The molecule has 1 unspecified atom stereocenters. The first kappa shape index (κ1) is 13.0. The highest BCUT2D eigenvalue weighted by Crippen LogP contribution is 2.24. The zero-order chi connectivity index (χ0) is 12.0. The molecule has 0 saturated carbocycles. The Balaban J connectivity index is 2.77. The normalized spacial score (nSPS) is 12.8. The molecule has 16 heavy (non-hydrogen) atoms. The summed E-state index contributed by atoms with van der Waals surface area (Å²) in [5, 5.41) is 3.45. The van der Waals surface area contributed by atoms with Crippen molar-refractivity contribution in [3.05, 3.63) is 29.8 Å². The van der Waals surface area contributed by atoms with Gasteiger partial charge in [0.2, 0.25) is 0 Å². The molecule has 0 aliphatic heterocycles. The van der Waals surface area contributed by atoms with Crippen LogP contribution in [-0.2, 0) is 0 Å². The van der Waals surface area contributed by atoms with Gasteiger partial charge >= 0.3 is 0 Å². The van der Waals surface area contributed by atoms with Crippen molar-refractivity contribution in [2.45, 2.75) is 19.9 Å². The molecule has 0 aliphatic carbocycles. The van der Waals surface area contributed by atoms with Crippen LogP contribution in [0.15, 0.2) is 24.3 Å². The van der Waals surface area contributed by atoms with Crippen molar-refractivity contribution in [1.29, 1.82) is 0 Å².